The first-order valence-corrected chi connectivity index (χ1v) is 7.96. The first-order chi connectivity index (χ1) is 12.6. The van der Waals surface area contributed by atoms with E-state index < -0.39 is 11.8 Å². The zero-order valence-corrected chi connectivity index (χ0v) is 14.1. The van der Waals surface area contributed by atoms with Gasteiger partial charge < -0.3 is 9.47 Å². The first-order valence-electron chi connectivity index (χ1n) is 7.96. The summed E-state index contributed by atoms with van der Waals surface area (Å²) in [6, 6.07) is 19.3. The molecule has 0 atom stereocenters. The van der Waals surface area contributed by atoms with Crippen molar-refractivity contribution in [2.75, 3.05) is 13.7 Å². The van der Waals surface area contributed by atoms with Gasteiger partial charge in [0, 0.05) is 11.1 Å². The standard InChI is InChI=1S/C21H16O5/c1-25-21(24)20(23)15-8-10-18(11-9-15)26-13-19(22)17-7-6-14-4-2-3-5-16(14)12-17/h2-12H,13H2,1H3. The third kappa shape index (κ3) is 3.78. The van der Waals surface area contributed by atoms with Gasteiger partial charge in [0.15, 0.2) is 12.4 Å². The Morgan fingerprint density at radius 3 is 2.15 bits per heavy atom. The van der Waals surface area contributed by atoms with E-state index in [-0.39, 0.29) is 18.0 Å². The van der Waals surface area contributed by atoms with Crippen molar-refractivity contribution < 1.29 is 23.9 Å². The van der Waals surface area contributed by atoms with E-state index in [9.17, 15) is 14.4 Å². The molecule has 3 aromatic carbocycles. The zero-order valence-electron chi connectivity index (χ0n) is 14.1. The molecule has 0 aliphatic heterocycles. The lowest BCUT2D eigenvalue weighted by atomic mass is 10.0. The fourth-order valence-electron chi connectivity index (χ4n) is 2.51. The van der Waals surface area contributed by atoms with Crippen LogP contribution in [0.4, 0.5) is 0 Å². The van der Waals surface area contributed by atoms with E-state index in [1.165, 1.54) is 24.3 Å². The van der Waals surface area contributed by atoms with Crippen molar-refractivity contribution >= 4 is 28.3 Å². The summed E-state index contributed by atoms with van der Waals surface area (Å²) in [5.74, 6) is -1.37. The minimum absolute atomic E-state index is 0.122. The van der Waals surface area contributed by atoms with Crippen molar-refractivity contribution in [3.05, 3.63) is 77.9 Å². The Bertz CT molecular complexity index is 973. The summed E-state index contributed by atoms with van der Waals surface area (Å²) in [5, 5.41) is 2.06. The van der Waals surface area contributed by atoms with Crippen LogP contribution in [0, 0.1) is 0 Å². The molecule has 0 bridgehead atoms. The minimum Gasteiger partial charge on any atom is -0.485 e. The number of rotatable bonds is 6. The van der Waals surface area contributed by atoms with Gasteiger partial charge in [0.25, 0.3) is 5.78 Å². The summed E-state index contributed by atoms with van der Waals surface area (Å²) in [7, 11) is 1.15. The Morgan fingerprint density at radius 2 is 1.46 bits per heavy atom. The van der Waals surface area contributed by atoms with Gasteiger partial charge in [0.1, 0.15) is 5.75 Å². The van der Waals surface area contributed by atoms with Gasteiger partial charge in [-0.25, -0.2) is 4.79 Å². The molecule has 0 fully saturated rings. The van der Waals surface area contributed by atoms with E-state index in [0.29, 0.717) is 11.3 Å². The molecular weight excluding hydrogens is 332 g/mol. The highest BCUT2D eigenvalue weighted by atomic mass is 16.5. The quantitative estimate of drug-likeness (QED) is 0.388. The Labute approximate surface area is 150 Å². The average molecular weight is 348 g/mol. The average Bonchev–Trinajstić information content (AvgIpc) is 2.70. The van der Waals surface area contributed by atoms with Crippen molar-refractivity contribution in [2.24, 2.45) is 0 Å². The van der Waals surface area contributed by atoms with Crippen molar-refractivity contribution in [3.8, 4) is 5.75 Å². The normalized spacial score (nSPS) is 10.3. The highest BCUT2D eigenvalue weighted by molar-refractivity contribution is 6.40. The molecule has 5 nitrogen and oxygen atoms in total. The zero-order chi connectivity index (χ0) is 18.5. The molecule has 0 aromatic heterocycles. The molecule has 26 heavy (non-hydrogen) atoms. The number of carbonyl (C=O) groups is 3. The third-order valence-electron chi connectivity index (χ3n) is 3.93. The number of methoxy groups -OCH3 is 1. The molecule has 3 aromatic rings. The van der Waals surface area contributed by atoms with E-state index in [0.717, 1.165) is 17.9 Å². The van der Waals surface area contributed by atoms with E-state index >= 15 is 0 Å². The number of ether oxygens (including phenoxy) is 2. The van der Waals surface area contributed by atoms with E-state index in [1.54, 1.807) is 6.07 Å². The highest BCUT2D eigenvalue weighted by Crippen LogP contribution is 2.17. The maximum atomic E-state index is 12.3. The molecule has 0 aliphatic carbocycles. The van der Waals surface area contributed by atoms with Crippen LogP contribution in [0.1, 0.15) is 20.7 Å². The molecule has 0 N–H and O–H groups in total. The Balaban J connectivity index is 1.65. The second-order valence-electron chi connectivity index (χ2n) is 5.62. The molecule has 0 radical (unpaired) electrons. The summed E-state index contributed by atoms with van der Waals surface area (Å²) in [6.07, 6.45) is 0. The molecule has 0 aliphatic rings. The second-order valence-corrected chi connectivity index (χ2v) is 5.62. The number of Topliss-reactive ketones (excluding diaryl/α,β-unsaturated/α-hetero) is 2. The SMILES string of the molecule is COC(=O)C(=O)c1ccc(OCC(=O)c2ccc3ccccc3c2)cc1. The van der Waals surface area contributed by atoms with Crippen LogP contribution in [0.3, 0.4) is 0 Å². The molecule has 130 valence electrons. The second kappa shape index (κ2) is 7.61. The number of esters is 1. The Kier molecular flexibility index (Phi) is 5.08. The summed E-state index contributed by atoms with van der Waals surface area (Å²) >= 11 is 0. The first kappa shape index (κ1) is 17.4. The van der Waals surface area contributed by atoms with Gasteiger partial charge in [-0.2, -0.15) is 0 Å². The van der Waals surface area contributed by atoms with Crippen LogP contribution >= 0.6 is 0 Å². The summed E-state index contributed by atoms with van der Waals surface area (Å²) in [4.78, 5) is 35.2. The van der Waals surface area contributed by atoms with Crippen molar-refractivity contribution in [2.45, 2.75) is 0 Å². The molecule has 0 saturated carbocycles. The fourth-order valence-corrected chi connectivity index (χ4v) is 2.51. The smallest absolute Gasteiger partial charge is 0.379 e. The number of benzene rings is 3. The Hall–Kier alpha value is -3.47. The van der Waals surface area contributed by atoms with Gasteiger partial charge in [-0.3, -0.25) is 9.59 Å². The minimum atomic E-state index is -0.926. The summed E-state index contributed by atoms with van der Waals surface area (Å²) in [6.45, 7) is -0.122. The van der Waals surface area contributed by atoms with Crippen LogP contribution in [0.15, 0.2) is 66.7 Å². The number of carbonyl (C=O) groups excluding carboxylic acids is 3. The van der Waals surface area contributed by atoms with E-state index in [1.807, 2.05) is 36.4 Å². The largest absolute Gasteiger partial charge is 0.485 e. The van der Waals surface area contributed by atoms with Crippen LogP contribution in [0.2, 0.25) is 0 Å². The molecule has 3 rings (SSSR count). The van der Waals surface area contributed by atoms with Crippen molar-refractivity contribution in [1.82, 2.24) is 0 Å². The van der Waals surface area contributed by atoms with Crippen LogP contribution < -0.4 is 4.74 Å². The number of hydrogen-bond acceptors (Lipinski definition) is 5. The van der Waals surface area contributed by atoms with Crippen molar-refractivity contribution in [3.63, 3.8) is 0 Å². The lowest BCUT2D eigenvalue weighted by Crippen LogP contribution is -2.15. The van der Waals surface area contributed by atoms with Crippen LogP contribution in [-0.4, -0.2) is 31.3 Å². The number of hydrogen-bond donors (Lipinski definition) is 0. The Morgan fingerprint density at radius 1 is 0.808 bits per heavy atom. The van der Waals surface area contributed by atoms with Crippen LogP contribution in [-0.2, 0) is 9.53 Å². The maximum absolute atomic E-state index is 12.3. The summed E-state index contributed by atoms with van der Waals surface area (Å²) < 4.78 is 9.87. The monoisotopic (exact) mass is 348 g/mol. The topological polar surface area (TPSA) is 69.7 Å². The van der Waals surface area contributed by atoms with Gasteiger partial charge in [-0.1, -0.05) is 36.4 Å². The molecule has 0 spiro atoms. The lowest BCUT2D eigenvalue weighted by molar-refractivity contribution is -0.135. The highest BCUT2D eigenvalue weighted by Gasteiger charge is 2.16. The van der Waals surface area contributed by atoms with Gasteiger partial charge in [-0.15, -0.1) is 0 Å². The third-order valence-corrected chi connectivity index (χ3v) is 3.93. The molecule has 0 amide bonds. The molecule has 5 heteroatoms. The van der Waals surface area contributed by atoms with Crippen molar-refractivity contribution in [1.29, 1.82) is 0 Å². The predicted octanol–water partition coefficient (Wildman–Crippen LogP) is 3.46. The van der Waals surface area contributed by atoms with Gasteiger partial charge in [0.2, 0.25) is 0 Å². The van der Waals surface area contributed by atoms with Crippen LogP contribution in [0.25, 0.3) is 10.8 Å². The van der Waals surface area contributed by atoms with E-state index in [4.69, 9.17) is 4.74 Å². The van der Waals surface area contributed by atoms with Gasteiger partial charge in [-0.05, 0) is 41.1 Å². The van der Waals surface area contributed by atoms with E-state index in [2.05, 4.69) is 4.74 Å². The lowest BCUT2D eigenvalue weighted by Gasteiger charge is -2.07. The van der Waals surface area contributed by atoms with Crippen LogP contribution in [0.5, 0.6) is 5.75 Å². The maximum Gasteiger partial charge on any atom is 0.379 e. The molecular formula is C21H16O5. The molecule has 0 unspecified atom stereocenters. The van der Waals surface area contributed by atoms with Gasteiger partial charge >= 0.3 is 5.97 Å². The molecule has 0 heterocycles. The summed E-state index contributed by atoms with van der Waals surface area (Å²) in [5.41, 5.74) is 0.770. The molecule has 0 saturated heterocycles. The number of ketones is 2. The van der Waals surface area contributed by atoms with Gasteiger partial charge in [0.05, 0.1) is 7.11 Å². The number of fused-ring (bicyclic) bond motifs is 1. The fraction of sp³-hybridized carbons (Fsp3) is 0.0952. The predicted molar refractivity (Wildman–Crippen MR) is 96.6 cm³/mol.